The van der Waals surface area contributed by atoms with Gasteiger partial charge in [0.1, 0.15) is 0 Å². The molecule has 0 N–H and O–H groups in total. The van der Waals surface area contributed by atoms with E-state index in [1.165, 1.54) is 83.4 Å². The minimum Gasteiger partial charge on any atom is -0.135 e. The Bertz CT molecular complexity index is 2200. The standard InChI is InChI=1S/C34H18S2/c1-3-9-21-19(7-1)15-17-25-29-23-11-6-14-28-32(23)30(24-12-5-13-27(31(24)29)35-33(21)25)26-18-16-20-8-2-4-10-22(20)34(26)36-28/h1-18H. The lowest BCUT2D eigenvalue weighted by Crippen LogP contribution is -1.89. The van der Waals surface area contributed by atoms with Crippen molar-refractivity contribution in [2.45, 2.75) is 0 Å². The van der Waals surface area contributed by atoms with Crippen molar-refractivity contribution in [2.75, 3.05) is 0 Å². The maximum absolute atomic E-state index is 2.35. The van der Waals surface area contributed by atoms with Crippen LogP contribution in [0.4, 0.5) is 0 Å². The van der Waals surface area contributed by atoms with E-state index in [0.717, 1.165) is 0 Å². The molecule has 9 rings (SSSR count). The van der Waals surface area contributed by atoms with Crippen LogP contribution in [-0.2, 0) is 0 Å². The lowest BCUT2D eigenvalue weighted by molar-refractivity contribution is 1.81. The smallest absolute Gasteiger partial charge is 0.0433 e. The van der Waals surface area contributed by atoms with Crippen LogP contribution in [0.2, 0.25) is 0 Å². The van der Waals surface area contributed by atoms with Crippen LogP contribution in [0.5, 0.6) is 0 Å². The highest BCUT2D eigenvalue weighted by Crippen LogP contribution is 2.50. The van der Waals surface area contributed by atoms with Gasteiger partial charge in [0.2, 0.25) is 0 Å². The van der Waals surface area contributed by atoms with Gasteiger partial charge < -0.3 is 0 Å². The van der Waals surface area contributed by atoms with Crippen LogP contribution >= 0.6 is 22.7 Å². The Kier molecular flexibility index (Phi) is 3.64. The molecule has 0 aliphatic carbocycles. The molecule has 9 aromatic rings. The van der Waals surface area contributed by atoms with Crippen molar-refractivity contribution in [1.82, 2.24) is 0 Å². The first-order valence-corrected chi connectivity index (χ1v) is 13.9. The summed E-state index contributed by atoms with van der Waals surface area (Å²) >= 11 is 3.87. The van der Waals surface area contributed by atoms with Crippen molar-refractivity contribution in [3.8, 4) is 0 Å². The average molecular weight is 491 g/mol. The van der Waals surface area contributed by atoms with Crippen molar-refractivity contribution < 1.29 is 0 Å². The minimum absolute atomic E-state index is 1.30. The first kappa shape index (κ1) is 19.2. The Morgan fingerprint density at radius 1 is 0.306 bits per heavy atom. The van der Waals surface area contributed by atoms with E-state index in [9.17, 15) is 0 Å². The Hall–Kier alpha value is -3.98. The predicted molar refractivity (Wildman–Crippen MR) is 162 cm³/mol. The molecule has 0 unspecified atom stereocenters. The lowest BCUT2D eigenvalue weighted by atomic mass is 9.91. The predicted octanol–water partition coefficient (Wildman–Crippen LogP) is 11.0. The van der Waals surface area contributed by atoms with Gasteiger partial charge in [-0.1, -0.05) is 97.1 Å². The van der Waals surface area contributed by atoms with Gasteiger partial charge in [-0.25, -0.2) is 0 Å². The summed E-state index contributed by atoms with van der Waals surface area (Å²) in [4.78, 5) is 0. The van der Waals surface area contributed by atoms with Crippen LogP contribution in [0.3, 0.4) is 0 Å². The van der Waals surface area contributed by atoms with E-state index in [1.807, 2.05) is 22.7 Å². The molecule has 36 heavy (non-hydrogen) atoms. The zero-order chi connectivity index (χ0) is 23.4. The molecule has 0 fully saturated rings. The molecule has 166 valence electrons. The molecule has 0 atom stereocenters. The van der Waals surface area contributed by atoms with Crippen LogP contribution in [0, 0.1) is 0 Å². The Balaban J connectivity index is 1.65. The number of rotatable bonds is 0. The zero-order valence-corrected chi connectivity index (χ0v) is 20.8. The van der Waals surface area contributed by atoms with Gasteiger partial charge in [-0.2, -0.15) is 0 Å². The van der Waals surface area contributed by atoms with Gasteiger partial charge in [-0.3, -0.25) is 0 Å². The second-order valence-corrected chi connectivity index (χ2v) is 11.7. The molecule has 2 aromatic heterocycles. The third-order valence-corrected chi connectivity index (χ3v) is 10.2. The van der Waals surface area contributed by atoms with Gasteiger partial charge in [-0.05, 0) is 44.5 Å². The fraction of sp³-hybridized carbons (Fsp3) is 0. The summed E-state index contributed by atoms with van der Waals surface area (Å²) in [5.41, 5.74) is 0. The second kappa shape index (κ2) is 6.82. The first-order chi connectivity index (χ1) is 17.9. The molecular weight excluding hydrogens is 473 g/mol. The Labute approximate surface area is 214 Å². The third-order valence-electron chi connectivity index (χ3n) is 7.81. The summed E-state index contributed by atoms with van der Waals surface area (Å²) in [5.74, 6) is 0. The van der Waals surface area contributed by atoms with E-state index >= 15 is 0 Å². The van der Waals surface area contributed by atoms with Gasteiger partial charge in [0, 0.05) is 51.1 Å². The molecule has 0 spiro atoms. The quantitative estimate of drug-likeness (QED) is 0.146. The third kappa shape index (κ3) is 2.34. The van der Waals surface area contributed by atoms with E-state index < -0.39 is 0 Å². The van der Waals surface area contributed by atoms with Crippen LogP contribution in [0.1, 0.15) is 0 Å². The fourth-order valence-electron chi connectivity index (χ4n) is 6.31. The molecule has 7 aromatic carbocycles. The molecule has 2 heterocycles. The number of fused-ring (bicyclic) bond motifs is 10. The lowest BCUT2D eigenvalue weighted by Gasteiger charge is -2.18. The molecule has 0 saturated carbocycles. The van der Waals surface area contributed by atoms with Crippen molar-refractivity contribution in [3.63, 3.8) is 0 Å². The molecule has 2 heteroatoms. The summed E-state index contributed by atoms with van der Waals surface area (Å²) in [6, 6.07) is 40.7. The molecule has 0 bridgehead atoms. The van der Waals surface area contributed by atoms with E-state index in [1.54, 1.807) is 0 Å². The topological polar surface area (TPSA) is 0 Å². The van der Waals surface area contributed by atoms with Crippen molar-refractivity contribution in [2.24, 2.45) is 0 Å². The van der Waals surface area contributed by atoms with Gasteiger partial charge in [-0.15, -0.1) is 22.7 Å². The van der Waals surface area contributed by atoms with Gasteiger partial charge in [0.15, 0.2) is 0 Å². The number of benzene rings is 7. The minimum atomic E-state index is 1.30. The van der Waals surface area contributed by atoms with E-state index in [0.29, 0.717) is 0 Å². The summed E-state index contributed by atoms with van der Waals surface area (Å²) < 4.78 is 5.47. The van der Waals surface area contributed by atoms with E-state index in [2.05, 4.69) is 109 Å². The SMILES string of the molecule is c1ccc2c(c1)ccc1c2sc2cccc3c2c1c1cccc2sc4c5ccccc5ccc4c3c21. The fourth-order valence-corrected chi connectivity index (χ4v) is 8.83. The Morgan fingerprint density at radius 2 is 0.750 bits per heavy atom. The number of hydrogen-bond donors (Lipinski definition) is 0. The molecule has 0 saturated heterocycles. The number of hydrogen-bond acceptors (Lipinski definition) is 2. The van der Waals surface area contributed by atoms with Gasteiger partial charge in [0.25, 0.3) is 0 Å². The Morgan fingerprint density at radius 3 is 1.25 bits per heavy atom. The second-order valence-electron chi connectivity index (χ2n) is 9.64. The summed E-state index contributed by atoms with van der Waals surface area (Å²) in [6.07, 6.45) is 0. The van der Waals surface area contributed by atoms with Crippen molar-refractivity contribution in [1.29, 1.82) is 0 Å². The molecular formula is C34H18S2. The van der Waals surface area contributed by atoms with Crippen LogP contribution in [0.25, 0.3) is 83.4 Å². The van der Waals surface area contributed by atoms with Gasteiger partial charge >= 0.3 is 0 Å². The van der Waals surface area contributed by atoms with Crippen molar-refractivity contribution in [3.05, 3.63) is 109 Å². The molecule has 0 aliphatic heterocycles. The zero-order valence-electron chi connectivity index (χ0n) is 19.2. The van der Waals surface area contributed by atoms with E-state index in [-0.39, 0.29) is 0 Å². The summed E-state index contributed by atoms with van der Waals surface area (Å²) in [7, 11) is 0. The first-order valence-electron chi connectivity index (χ1n) is 12.3. The molecule has 0 amide bonds. The molecule has 0 radical (unpaired) electrons. The molecule has 0 nitrogen and oxygen atoms in total. The maximum atomic E-state index is 2.35. The average Bonchev–Trinajstić information content (AvgIpc) is 2.94. The van der Waals surface area contributed by atoms with Crippen LogP contribution in [0.15, 0.2) is 109 Å². The normalized spacial score (nSPS) is 12.4. The monoisotopic (exact) mass is 490 g/mol. The highest BCUT2D eigenvalue weighted by Gasteiger charge is 2.19. The largest absolute Gasteiger partial charge is 0.135 e. The van der Waals surface area contributed by atoms with Crippen molar-refractivity contribution >= 4 is 106 Å². The molecule has 0 aliphatic rings. The highest BCUT2D eigenvalue weighted by molar-refractivity contribution is 7.26. The highest BCUT2D eigenvalue weighted by atomic mass is 32.1. The van der Waals surface area contributed by atoms with Gasteiger partial charge in [0.05, 0.1) is 0 Å². The van der Waals surface area contributed by atoms with Crippen LogP contribution < -0.4 is 0 Å². The summed E-state index contributed by atoms with van der Waals surface area (Å²) in [5, 5.41) is 16.3. The van der Waals surface area contributed by atoms with E-state index in [4.69, 9.17) is 0 Å². The summed E-state index contributed by atoms with van der Waals surface area (Å²) in [6.45, 7) is 0. The maximum Gasteiger partial charge on any atom is 0.0433 e. The van der Waals surface area contributed by atoms with Crippen LogP contribution in [-0.4, -0.2) is 0 Å².